The van der Waals surface area contributed by atoms with Crippen LogP contribution in [0.4, 0.5) is 5.69 Å². The van der Waals surface area contributed by atoms with Gasteiger partial charge in [0, 0.05) is 11.0 Å². The Morgan fingerprint density at radius 2 is 2.14 bits per heavy atom. The second-order valence-electron chi connectivity index (χ2n) is 5.77. The SMILES string of the molecule is C[C@@H](NC(=O)COC(=O)/C=C/c1cc2c(cc1[N+](=O)[O-])OCO2)c1cccs1. The molecule has 9 nitrogen and oxygen atoms in total. The minimum Gasteiger partial charge on any atom is -0.454 e. The normalized spacial score (nSPS) is 13.3. The second-order valence-corrected chi connectivity index (χ2v) is 6.75. The van der Waals surface area contributed by atoms with E-state index in [0.29, 0.717) is 5.75 Å². The zero-order valence-electron chi connectivity index (χ0n) is 14.7. The maximum Gasteiger partial charge on any atom is 0.331 e. The Morgan fingerprint density at radius 3 is 2.82 bits per heavy atom. The van der Waals surface area contributed by atoms with Crippen LogP contribution in [0.3, 0.4) is 0 Å². The molecule has 0 radical (unpaired) electrons. The molecule has 0 spiro atoms. The average Bonchev–Trinajstić information content (AvgIpc) is 3.34. The molecule has 0 fully saturated rings. The Bertz CT molecular complexity index is 924. The molecular formula is C18H16N2O7S. The Balaban J connectivity index is 1.57. The van der Waals surface area contributed by atoms with Crippen LogP contribution in [0, 0.1) is 10.1 Å². The first-order valence-electron chi connectivity index (χ1n) is 8.19. The Labute approximate surface area is 163 Å². The van der Waals surface area contributed by atoms with E-state index < -0.39 is 23.4 Å². The first kappa shape index (κ1) is 19.4. The molecule has 0 unspecified atom stereocenters. The molecule has 1 atom stereocenters. The lowest BCUT2D eigenvalue weighted by atomic mass is 10.1. The van der Waals surface area contributed by atoms with E-state index in [9.17, 15) is 19.7 Å². The van der Waals surface area contributed by atoms with Gasteiger partial charge in [-0.3, -0.25) is 14.9 Å². The molecule has 0 saturated carbocycles. The second kappa shape index (κ2) is 8.53. The van der Waals surface area contributed by atoms with Crippen molar-refractivity contribution in [3.63, 3.8) is 0 Å². The summed E-state index contributed by atoms with van der Waals surface area (Å²) in [6.07, 6.45) is 2.25. The smallest absolute Gasteiger partial charge is 0.331 e. The van der Waals surface area contributed by atoms with Gasteiger partial charge in [0.25, 0.3) is 11.6 Å². The largest absolute Gasteiger partial charge is 0.454 e. The van der Waals surface area contributed by atoms with Crippen molar-refractivity contribution in [3.8, 4) is 11.5 Å². The maximum absolute atomic E-state index is 11.9. The van der Waals surface area contributed by atoms with E-state index in [0.717, 1.165) is 11.0 Å². The monoisotopic (exact) mass is 404 g/mol. The van der Waals surface area contributed by atoms with Crippen molar-refractivity contribution in [1.82, 2.24) is 5.32 Å². The highest BCUT2D eigenvalue weighted by Crippen LogP contribution is 2.38. The third-order valence-electron chi connectivity index (χ3n) is 3.81. The van der Waals surface area contributed by atoms with Crippen LogP contribution in [0.15, 0.2) is 35.7 Å². The number of carbonyl (C=O) groups is 2. The molecule has 3 rings (SSSR count). The van der Waals surface area contributed by atoms with Gasteiger partial charge in [-0.1, -0.05) is 6.07 Å². The predicted octanol–water partition coefficient (Wildman–Crippen LogP) is 2.82. The summed E-state index contributed by atoms with van der Waals surface area (Å²) in [5.74, 6) is -0.633. The number of nitro groups is 1. The number of fused-ring (bicyclic) bond motifs is 1. The number of nitrogens with one attached hydrogen (secondary N) is 1. The average molecular weight is 404 g/mol. The van der Waals surface area contributed by atoms with Crippen LogP contribution < -0.4 is 14.8 Å². The predicted molar refractivity (Wildman–Crippen MR) is 100 cm³/mol. The van der Waals surface area contributed by atoms with E-state index in [2.05, 4.69) is 5.32 Å². The van der Waals surface area contributed by atoms with Crippen LogP contribution in [0.5, 0.6) is 11.5 Å². The van der Waals surface area contributed by atoms with E-state index >= 15 is 0 Å². The fourth-order valence-electron chi connectivity index (χ4n) is 2.47. The standard InChI is InChI=1S/C18H16N2O7S/c1-11(16-3-2-6-28-16)19-17(21)9-25-18(22)5-4-12-7-14-15(27-10-26-14)8-13(12)20(23)24/h2-8,11H,9-10H2,1H3,(H,19,21)/b5-4+/t11-/m1/s1. The topological polar surface area (TPSA) is 117 Å². The van der Waals surface area contributed by atoms with Crippen LogP contribution >= 0.6 is 11.3 Å². The number of amides is 1. The molecule has 1 N–H and O–H groups in total. The highest BCUT2D eigenvalue weighted by molar-refractivity contribution is 7.10. The van der Waals surface area contributed by atoms with Crippen LogP contribution in [-0.4, -0.2) is 30.2 Å². The van der Waals surface area contributed by atoms with Gasteiger partial charge in [0.15, 0.2) is 18.1 Å². The fraction of sp³-hybridized carbons (Fsp3) is 0.222. The number of nitro benzene ring substituents is 1. The number of thiophene rings is 1. The van der Waals surface area contributed by atoms with Crippen molar-refractivity contribution >= 4 is 35.0 Å². The molecule has 0 saturated heterocycles. The van der Waals surface area contributed by atoms with Gasteiger partial charge >= 0.3 is 5.97 Å². The third-order valence-corrected chi connectivity index (χ3v) is 4.87. The molecule has 1 aromatic heterocycles. The summed E-state index contributed by atoms with van der Waals surface area (Å²) in [6.45, 7) is 1.34. The van der Waals surface area contributed by atoms with E-state index in [1.54, 1.807) is 0 Å². The molecule has 28 heavy (non-hydrogen) atoms. The quantitative estimate of drug-likeness (QED) is 0.326. The van der Waals surface area contributed by atoms with Crippen molar-refractivity contribution < 1.29 is 28.7 Å². The van der Waals surface area contributed by atoms with Gasteiger partial charge in [0.1, 0.15) is 0 Å². The summed E-state index contributed by atoms with van der Waals surface area (Å²) in [4.78, 5) is 35.3. The number of rotatable bonds is 7. The molecule has 1 aromatic carbocycles. The summed E-state index contributed by atoms with van der Waals surface area (Å²) in [6, 6.07) is 6.20. The molecular weight excluding hydrogens is 388 g/mol. The number of ether oxygens (including phenoxy) is 3. The number of hydrogen-bond acceptors (Lipinski definition) is 8. The van der Waals surface area contributed by atoms with Crippen LogP contribution in [-0.2, 0) is 14.3 Å². The molecule has 1 aliphatic heterocycles. The van der Waals surface area contributed by atoms with Gasteiger partial charge in [-0.25, -0.2) is 4.79 Å². The molecule has 1 amide bonds. The third kappa shape index (κ3) is 4.65. The number of carbonyl (C=O) groups excluding carboxylic acids is 2. The van der Waals surface area contributed by atoms with Gasteiger partial charge in [-0.2, -0.15) is 0 Å². The molecule has 2 heterocycles. The number of esters is 1. The first-order valence-corrected chi connectivity index (χ1v) is 9.07. The van der Waals surface area contributed by atoms with Crippen molar-refractivity contribution in [3.05, 3.63) is 56.3 Å². The van der Waals surface area contributed by atoms with E-state index in [4.69, 9.17) is 14.2 Å². The van der Waals surface area contributed by atoms with Crippen molar-refractivity contribution in [2.75, 3.05) is 13.4 Å². The lowest BCUT2D eigenvalue weighted by Crippen LogP contribution is -2.30. The van der Waals surface area contributed by atoms with Crippen LogP contribution in [0.25, 0.3) is 6.08 Å². The molecule has 0 bridgehead atoms. The molecule has 10 heteroatoms. The number of nitrogens with zero attached hydrogens (tertiary/aromatic N) is 1. The highest BCUT2D eigenvalue weighted by Gasteiger charge is 2.22. The summed E-state index contributed by atoms with van der Waals surface area (Å²) < 4.78 is 15.2. The Hall–Kier alpha value is -3.40. The zero-order chi connectivity index (χ0) is 20.1. The summed E-state index contributed by atoms with van der Waals surface area (Å²) in [5.41, 5.74) is -0.0854. The number of hydrogen-bond donors (Lipinski definition) is 1. The molecule has 146 valence electrons. The first-order chi connectivity index (χ1) is 13.4. The molecule has 2 aromatic rings. The van der Waals surface area contributed by atoms with Crippen molar-refractivity contribution in [2.45, 2.75) is 13.0 Å². The van der Waals surface area contributed by atoms with E-state index in [1.807, 2.05) is 24.4 Å². The van der Waals surface area contributed by atoms with Crippen LogP contribution in [0.1, 0.15) is 23.4 Å². The fourth-order valence-corrected chi connectivity index (χ4v) is 3.21. The van der Waals surface area contributed by atoms with E-state index in [1.165, 1.54) is 29.5 Å². The maximum atomic E-state index is 11.9. The minimum atomic E-state index is -0.800. The lowest BCUT2D eigenvalue weighted by molar-refractivity contribution is -0.385. The molecule has 0 aliphatic carbocycles. The van der Waals surface area contributed by atoms with Gasteiger partial charge < -0.3 is 19.5 Å². The zero-order valence-corrected chi connectivity index (χ0v) is 15.6. The highest BCUT2D eigenvalue weighted by atomic mass is 32.1. The van der Waals surface area contributed by atoms with Gasteiger partial charge in [-0.15, -0.1) is 11.3 Å². The van der Waals surface area contributed by atoms with Gasteiger partial charge in [0.05, 0.1) is 22.6 Å². The van der Waals surface area contributed by atoms with Gasteiger partial charge in [0.2, 0.25) is 6.79 Å². The van der Waals surface area contributed by atoms with Gasteiger partial charge in [-0.05, 0) is 30.5 Å². The summed E-state index contributed by atoms with van der Waals surface area (Å²) >= 11 is 1.51. The minimum absolute atomic E-state index is 0.0271. The van der Waals surface area contributed by atoms with E-state index in [-0.39, 0.29) is 29.8 Å². The summed E-state index contributed by atoms with van der Waals surface area (Å²) in [5, 5.41) is 15.8. The Kier molecular flexibility index (Phi) is 5.90. The van der Waals surface area contributed by atoms with Crippen LogP contribution in [0.2, 0.25) is 0 Å². The van der Waals surface area contributed by atoms with Crippen molar-refractivity contribution in [1.29, 1.82) is 0 Å². The Morgan fingerprint density at radius 1 is 1.39 bits per heavy atom. The van der Waals surface area contributed by atoms with Crippen molar-refractivity contribution in [2.24, 2.45) is 0 Å². The lowest BCUT2D eigenvalue weighted by Gasteiger charge is -2.11. The summed E-state index contributed by atoms with van der Waals surface area (Å²) in [7, 11) is 0. The number of benzene rings is 1. The molecule has 1 aliphatic rings.